The maximum atomic E-state index is 12.2. The lowest BCUT2D eigenvalue weighted by Gasteiger charge is -2.17. The van der Waals surface area contributed by atoms with Gasteiger partial charge in [-0.15, -0.1) is 0 Å². The molecule has 0 spiro atoms. The van der Waals surface area contributed by atoms with E-state index in [2.05, 4.69) is 15.7 Å². The molecule has 0 fully saturated rings. The molecule has 1 aromatic heterocycles. The number of esters is 1. The summed E-state index contributed by atoms with van der Waals surface area (Å²) in [5, 5.41) is 10.2. The first-order valence-electron chi connectivity index (χ1n) is 8.68. The van der Waals surface area contributed by atoms with Crippen LogP contribution in [0.25, 0.3) is 10.9 Å². The number of rotatable bonds is 7. The molecule has 2 N–H and O–H groups in total. The van der Waals surface area contributed by atoms with Gasteiger partial charge >= 0.3 is 5.97 Å². The van der Waals surface area contributed by atoms with Gasteiger partial charge < -0.3 is 15.4 Å². The third-order valence-corrected chi connectivity index (χ3v) is 4.17. The van der Waals surface area contributed by atoms with E-state index in [1.165, 1.54) is 7.11 Å². The van der Waals surface area contributed by atoms with Crippen molar-refractivity contribution in [1.29, 1.82) is 0 Å². The van der Waals surface area contributed by atoms with E-state index >= 15 is 0 Å². The van der Waals surface area contributed by atoms with E-state index in [4.69, 9.17) is 4.74 Å². The van der Waals surface area contributed by atoms with E-state index in [0.717, 1.165) is 10.9 Å². The van der Waals surface area contributed by atoms with Crippen molar-refractivity contribution < 1.29 is 19.1 Å². The summed E-state index contributed by atoms with van der Waals surface area (Å²) in [5.74, 6) is -1.45. The van der Waals surface area contributed by atoms with Crippen molar-refractivity contribution in [2.24, 2.45) is 0 Å². The number of aromatic nitrogens is 2. The number of carbonyl (C=O) groups excluding carboxylic acids is 3. The second-order valence-electron chi connectivity index (χ2n) is 6.07. The Bertz CT molecular complexity index is 984. The second-order valence-corrected chi connectivity index (χ2v) is 6.07. The molecule has 0 radical (unpaired) electrons. The number of carbonyl (C=O) groups is 3. The topological polar surface area (TPSA) is 102 Å². The number of hydrogen-bond donors (Lipinski definition) is 2. The van der Waals surface area contributed by atoms with Gasteiger partial charge in [0.15, 0.2) is 6.04 Å². The van der Waals surface area contributed by atoms with Crippen LogP contribution in [0.3, 0.4) is 0 Å². The summed E-state index contributed by atoms with van der Waals surface area (Å²) < 4.78 is 6.31. The summed E-state index contributed by atoms with van der Waals surface area (Å²) in [6.07, 6.45) is 1.68. The Morgan fingerprint density at radius 3 is 2.50 bits per heavy atom. The minimum absolute atomic E-state index is 0.0140. The van der Waals surface area contributed by atoms with Crippen molar-refractivity contribution in [1.82, 2.24) is 20.4 Å². The molecule has 8 nitrogen and oxygen atoms in total. The first kappa shape index (κ1) is 19.1. The highest BCUT2D eigenvalue weighted by molar-refractivity contribution is 5.89. The number of methoxy groups -OCH3 is 1. The van der Waals surface area contributed by atoms with Crippen LogP contribution in [0.1, 0.15) is 11.6 Å². The van der Waals surface area contributed by atoms with Gasteiger partial charge in [-0.3, -0.25) is 14.3 Å². The van der Waals surface area contributed by atoms with Gasteiger partial charge in [-0.1, -0.05) is 48.5 Å². The van der Waals surface area contributed by atoms with Crippen molar-refractivity contribution in [2.45, 2.75) is 12.6 Å². The van der Waals surface area contributed by atoms with Crippen LogP contribution < -0.4 is 10.6 Å². The molecule has 0 aliphatic heterocycles. The lowest BCUT2D eigenvalue weighted by atomic mass is 10.1. The van der Waals surface area contributed by atoms with Crippen molar-refractivity contribution in [3.8, 4) is 0 Å². The van der Waals surface area contributed by atoms with Crippen LogP contribution in [-0.4, -0.2) is 41.2 Å². The van der Waals surface area contributed by atoms with Crippen LogP contribution >= 0.6 is 0 Å². The number of amides is 2. The molecule has 144 valence electrons. The van der Waals surface area contributed by atoms with Crippen molar-refractivity contribution in [3.05, 3.63) is 66.4 Å². The number of fused-ring (bicyclic) bond motifs is 1. The van der Waals surface area contributed by atoms with Crippen LogP contribution in [0.15, 0.2) is 60.8 Å². The normalized spacial score (nSPS) is 11.6. The standard InChI is InChI=1S/C20H20N4O4/c1-28-20(27)19(14-7-3-2-4-8-14)23-17(25)12-21-18(26)13-24-16-10-6-5-9-15(16)11-22-24/h2-11,19H,12-13H2,1H3,(H,21,26)(H,23,25)/t19-/m0/s1. The minimum Gasteiger partial charge on any atom is -0.467 e. The average molecular weight is 380 g/mol. The molecule has 8 heteroatoms. The third-order valence-electron chi connectivity index (χ3n) is 4.17. The Hall–Kier alpha value is -3.68. The molecule has 0 saturated heterocycles. The van der Waals surface area contributed by atoms with E-state index in [1.807, 2.05) is 24.3 Å². The van der Waals surface area contributed by atoms with Crippen LogP contribution in [0.2, 0.25) is 0 Å². The van der Waals surface area contributed by atoms with Gasteiger partial charge in [0.1, 0.15) is 6.54 Å². The molecule has 0 aliphatic rings. The van der Waals surface area contributed by atoms with E-state index in [0.29, 0.717) is 5.56 Å². The number of nitrogens with one attached hydrogen (secondary N) is 2. The summed E-state index contributed by atoms with van der Waals surface area (Å²) in [6.45, 7) is -0.279. The Kier molecular flexibility index (Phi) is 6.01. The van der Waals surface area contributed by atoms with Gasteiger partial charge in [0.05, 0.1) is 25.4 Å². The fraction of sp³-hybridized carbons (Fsp3) is 0.200. The molecular formula is C20H20N4O4. The summed E-state index contributed by atoms with van der Waals surface area (Å²) in [5.41, 5.74) is 1.42. The number of para-hydroxylation sites is 1. The average Bonchev–Trinajstić information content (AvgIpc) is 3.13. The van der Waals surface area contributed by atoms with Gasteiger partial charge in [-0.2, -0.15) is 5.10 Å². The number of benzene rings is 2. The van der Waals surface area contributed by atoms with Crippen LogP contribution in [0.4, 0.5) is 0 Å². The zero-order valence-corrected chi connectivity index (χ0v) is 15.3. The molecule has 3 aromatic rings. The fourth-order valence-corrected chi connectivity index (χ4v) is 2.78. The van der Waals surface area contributed by atoms with Crippen LogP contribution in [-0.2, 0) is 25.7 Å². The zero-order chi connectivity index (χ0) is 19.9. The van der Waals surface area contributed by atoms with Gasteiger partial charge in [-0.25, -0.2) is 4.79 Å². The first-order chi connectivity index (χ1) is 13.6. The van der Waals surface area contributed by atoms with Gasteiger partial charge in [0.25, 0.3) is 0 Å². The molecule has 0 bridgehead atoms. The maximum absolute atomic E-state index is 12.2. The molecule has 0 aliphatic carbocycles. The minimum atomic E-state index is -0.939. The second kappa shape index (κ2) is 8.81. The van der Waals surface area contributed by atoms with Gasteiger partial charge in [0.2, 0.25) is 11.8 Å². The van der Waals surface area contributed by atoms with E-state index in [-0.39, 0.29) is 19.0 Å². The SMILES string of the molecule is COC(=O)[C@@H](NC(=O)CNC(=O)Cn1ncc2ccccc21)c1ccccc1. The molecule has 0 saturated carbocycles. The summed E-state index contributed by atoms with van der Waals surface area (Å²) in [6, 6.07) is 15.3. The highest BCUT2D eigenvalue weighted by atomic mass is 16.5. The molecule has 28 heavy (non-hydrogen) atoms. The Labute approximate surface area is 161 Å². The van der Waals surface area contributed by atoms with Crippen molar-refractivity contribution in [2.75, 3.05) is 13.7 Å². The van der Waals surface area contributed by atoms with Crippen molar-refractivity contribution >= 4 is 28.7 Å². The molecule has 1 atom stereocenters. The molecule has 3 rings (SSSR count). The molecule has 2 amide bonds. The lowest BCUT2D eigenvalue weighted by molar-refractivity contribution is -0.145. The van der Waals surface area contributed by atoms with E-state index in [9.17, 15) is 14.4 Å². The highest BCUT2D eigenvalue weighted by Crippen LogP contribution is 2.14. The molecular weight excluding hydrogens is 360 g/mol. The van der Waals surface area contributed by atoms with Crippen LogP contribution in [0.5, 0.6) is 0 Å². The fourth-order valence-electron chi connectivity index (χ4n) is 2.78. The van der Waals surface area contributed by atoms with Gasteiger partial charge in [0, 0.05) is 5.39 Å². The van der Waals surface area contributed by atoms with Gasteiger partial charge in [-0.05, 0) is 11.6 Å². The Morgan fingerprint density at radius 2 is 1.75 bits per heavy atom. The number of hydrogen-bond acceptors (Lipinski definition) is 5. The van der Waals surface area contributed by atoms with Crippen LogP contribution in [0, 0.1) is 0 Å². The lowest BCUT2D eigenvalue weighted by Crippen LogP contribution is -2.42. The highest BCUT2D eigenvalue weighted by Gasteiger charge is 2.23. The Balaban J connectivity index is 1.56. The van der Waals surface area contributed by atoms with Crippen molar-refractivity contribution in [3.63, 3.8) is 0 Å². The van der Waals surface area contributed by atoms with E-state index < -0.39 is 17.9 Å². The summed E-state index contributed by atoms with van der Waals surface area (Å²) >= 11 is 0. The number of ether oxygens (including phenoxy) is 1. The first-order valence-corrected chi connectivity index (χ1v) is 8.68. The molecule has 0 unspecified atom stereocenters. The smallest absolute Gasteiger partial charge is 0.333 e. The Morgan fingerprint density at radius 1 is 1.04 bits per heavy atom. The maximum Gasteiger partial charge on any atom is 0.333 e. The molecule has 2 aromatic carbocycles. The third kappa shape index (κ3) is 4.53. The largest absolute Gasteiger partial charge is 0.467 e. The van der Waals surface area contributed by atoms with E-state index in [1.54, 1.807) is 41.2 Å². The number of nitrogens with zero attached hydrogens (tertiary/aromatic N) is 2. The zero-order valence-electron chi connectivity index (χ0n) is 15.3. The molecule has 1 heterocycles. The predicted molar refractivity (Wildman–Crippen MR) is 102 cm³/mol. The monoisotopic (exact) mass is 380 g/mol. The summed E-state index contributed by atoms with van der Waals surface area (Å²) in [7, 11) is 1.25. The quantitative estimate of drug-likeness (QED) is 0.600. The predicted octanol–water partition coefficient (Wildman–Crippen LogP) is 1.18. The summed E-state index contributed by atoms with van der Waals surface area (Å²) in [4.78, 5) is 36.4.